The van der Waals surface area contributed by atoms with E-state index in [4.69, 9.17) is 5.73 Å². The molecule has 1 saturated heterocycles. The van der Waals surface area contributed by atoms with Crippen LogP contribution < -0.4 is 21.1 Å². The molecule has 1 aliphatic heterocycles. The van der Waals surface area contributed by atoms with Gasteiger partial charge in [-0.25, -0.2) is 13.8 Å². The summed E-state index contributed by atoms with van der Waals surface area (Å²) in [4.78, 5) is 4.11. The van der Waals surface area contributed by atoms with E-state index in [9.17, 15) is 8.78 Å². The molecule has 1 aromatic heterocycles. The van der Waals surface area contributed by atoms with Gasteiger partial charge in [-0.1, -0.05) is 6.42 Å². The van der Waals surface area contributed by atoms with E-state index < -0.39 is 11.6 Å². The second-order valence-electron chi connectivity index (χ2n) is 7.64. The summed E-state index contributed by atoms with van der Waals surface area (Å²) < 4.78 is 35.6. The number of nitrogens with two attached hydrogens (primary N) is 1. The third-order valence-electron chi connectivity index (χ3n) is 5.23. The van der Waals surface area contributed by atoms with Gasteiger partial charge < -0.3 is 21.1 Å². The fraction of sp³-hybridized carbons (Fsp3) is 0.579. The number of aromatic nitrogens is 2. The van der Waals surface area contributed by atoms with Gasteiger partial charge in [-0.2, -0.15) is 4.37 Å². The Balaban J connectivity index is 1.58. The molecule has 0 amide bonds. The molecule has 2 heterocycles. The summed E-state index contributed by atoms with van der Waals surface area (Å²) in [6.07, 6.45) is 5.85. The zero-order valence-electron chi connectivity index (χ0n) is 16.6. The minimum absolute atomic E-state index is 0.0413. The lowest BCUT2D eigenvalue weighted by molar-refractivity contribution is 0.276. The Kier molecular flexibility index (Phi) is 8.05. The summed E-state index contributed by atoms with van der Waals surface area (Å²) in [6, 6.07) is 3.27. The largest absolute Gasteiger partial charge is 0.382 e. The average molecular weight is 443 g/mol. The van der Waals surface area contributed by atoms with Crippen molar-refractivity contribution < 1.29 is 8.78 Å². The molecule has 0 spiro atoms. The molecule has 160 valence electrons. The number of hydrogen-bond donors (Lipinski definition) is 4. The van der Waals surface area contributed by atoms with Gasteiger partial charge in [0.05, 0.1) is 10.6 Å². The van der Waals surface area contributed by atoms with Crippen molar-refractivity contribution >= 4 is 34.3 Å². The Morgan fingerprint density at radius 3 is 2.86 bits per heavy atom. The molecule has 2 aromatic rings. The standard InChI is InChI=1S/C19H28F2N6S2/c1-11-4-3-5-14(26-11)6-13(12(2)22)9-23-17-7-16(21)18(8-15(17)20)28-27-19-24-10-25-29-19/h7-8,10-14,23,26H,3-6,9,22H2,1-2H3,(H,24,25,27). The number of halogens is 2. The van der Waals surface area contributed by atoms with Crippen molar-refractivity contribution in [2.45, 2.75) is 62.6 Å². The summed E-state index contributed by atoms with van der Waals surface area (Å²) in [6.45, 7) is 4.66. The van der Waals surface area contributed by atoms with E-state index in [0.717, 1.165) is 36.3 Å². The Bertz CT molecular complexity index is 774. The third-order valence-corrected chi connectivity index (χ3v) is 6.76. The van der Waals surface area contributed by atoms with Crippen LogP contribution in [0.2, 0.25) is 0 Å². The van der Waals surface area contributed by atoms with Crippen molar-refractivity contribution in [1.29, 1.82) is 0 Å². The van der Waals surface area contributed by atoms with Crippen LogP contribution in [0.3, 0.4) is 0 Å². The molecule has 1 fully saturated rings. The second-order valence-corrected chi connectivity index (χ2v) is 9.27. The van der Waals surface area contributed by atoms with Crippen LogP contribution in [0.4, 0.5) is 19.6 Å². The SMILES string of the molecule is CC1CCCC(CC(CNc2cc(F)c(SNc3ncns3)cc2F)C(C)N)N1. The van der Waals surface area contributed by atoms with Crippen LogP contribution in [0, 0.1) is 17.6 Å². The number of rotatable bonds is 9. The van der Waals surface area contributed by atoms with Crippen molar-refractivity contribution in [2.24, 2.45) is 11.7 Å². The highest BCUT2D eigenvalue weighted by atomic mass is 32.2. The number of nitrogens with one attached hydrogen (secondary N) is 3. The summed E-state index contributed by atoms with van der Waals surface area (Å²) in [5.74, 6) is -0.842. The first kappa shape index (κ1) is 22.2. The molecule has 10 heteroatoms. The molecule has 0 saturated carbocycles. The van der Waals surface area contributed by atoms with Gasteiger partial charge in [-0.15, -0.1) is 0 Å². The first-order valence-electron chi connectivity index (χ1n) is 9.86. The maximum Gasteiger partial charge on any atom is 0.212 e. The highest BCUT2D eigenvalue weighted by Crippen LogP contribution is 2.29. The van der Waals surface area contributed by atoms with E-state index in [1.807, 2.05) is 6.92 Å². The predicted octanol–water partition coefficient (Wildman–Crippen LogP) is 4.23. The lowest BCUT2D eigenvalue weighted by atomic mass is 9.88. The molecule has 1 aromatic carbocycles. The second kappa shape index (κ2) is 10.5. The van der Waals surface area contributed by atoms with E-state index in [-0.39, 0.29) is 22.5 Å². The van der Waals surface area contributed by atoms with Gasteiger partial charge in [0.15, 0.2) is 0 Å². The number of benzene rings is 1. The van der Waals surface area contributed by atoms with E-state index in [2.05, 4.69) is 31.6 Å². The maximum atomic E-state index is 14.5. The van der Waals surface area contributed by atoms with Gasteiger partial charge in [-0.05, 0) is 57.0 Å². The molecule has 4 unspecified atom stereocenters. The van der Waals surface area contributed by atoms with Gasteiger partial charge in [0.1, 0.15) is 18.0 Å². The number of piperidine rings is 1. The van der Waals surface area contributed by atoms with Gasteiger partial charge in [-0.3, -0.25) is 0 Å². The topological polar surface area (TPSA) is 87.9 Å². The lowest BCUT2D eigenvalue weighted by Gasteiger charge is -2.33. The van der Waals surface area contributed by atoms with Crippen LogP contribution in [0.5, 0.6) is 0 Å². The first-order chi connectivity index (χ1) is 13.9. The minimum atomic E-state index is -0.504. The van der Waals surface area contributed by atoms with Crippen LogP contribution in [-0.2, 0) is 0 Å². The third kappa shape index (κ3) is 6.50. The van der Waals surface area contributed by atoms with Gasteiger partial charge in [0.2, 0.25) is 5.13 Å². The van der Waals surface area contributed by atoms with Crippen molar-refractivity contribution in [3.8, 4) is 0 Å². The van der Waals surface area contributed by atoms with Crippen molar-refractivity contribution in [3.05, 3.63) is 30.1 Å². The van der Waals surface area contributed by atoms with Crippen LogP contribution >= 0.6 is 23.5 Å². The van der Waals surface area contributed by atoms with E-state index in [0.29, 0.717) is 23.8 Å². The van der Waals surface area contributed by atoms with E-state index in [1.165, 1.54) is 31.3 Å². The molecule has 5 N–H and O–H groups in total. The first-order valence-corrected chi connectivity index (χ1v) is 11.5. The Morgan fingerprint density at radius 2 is 2.17 bits per heavy atom. The summed E-state index contributed by atoms with van der Waals surface area (Å²) in [5.41, 5.74) is 6.32. The highest BCUT2D eigenvalue weighted by Gasteiger charge is 2.24. The van der Waals surface area contributed by atoms with E-state index in [1.54, 1.807) is 0 Å². The van der Waals surface area contributed by atoms with Crippen LogP contribution in [0.25, 0.3) is 0 Å². The normalized spacial score (nSPS) is 21.6. The smallest absolute Gasteiger partial charge is 0.212 e. The molecule has 0 bridgehead atoms. The molecule has 0 radical (unpaired) electrons. The van der Waals surface area contributed by atoms with Gasteiger partial charge >= 0.3 is 0 Å². The fourth-order valence-electron chi connectivity index (χ4n) is 3.57. The molecule has 0 aliphatic carbocycles. The van der Waals surface area contributed by atoms with Crippen LogP contribution in [0.15, 0.2) is 23.4 Å². The Labute approximate surface area is 178 Å². The Morgan fingerprint density at radius 1 is 1.34 bits per heavy atom. The summed E-state index contributed by atoms with van der Waals surface area (Å²) in [7, 11) is 0. The van der Waals surface area contributed by atoms with Crippen molar-refractivity contribution in [1.82, 2.24) is 14.7 Å². The van der Waals surface area contributed by atoms with Gasteiger partial charge in [0, 0.05) is 42.3 Å². The van der Waals surface area contributed by atoms with Crippen LogP contribution in [0.1, 0.15) is 39.5 Å². The summed E-state index contributed by atoms with van der Waals surface area (Å²) >= 11 is 2.11. The molecule has 29 heavy (non-hydrogen) atoms. The number of hydrogen-bond acceptors (Lipinski definition) is 8. The highest BCUT2D eigenvalue weighted by molar-refractivity contribution is 8.00. The van der Waals surface area contributed by atoms with Gasteiger partial charge in [0.25, 0.3) is 0 Å². The lowest BCUT2D eigenvalue weighted by Crippen LogP contribution is -2.44. The fourth-order valence-corrected chi connectivity index (χ4v) is 4.71. The predicted molar refractivity (Wildman–Crippen MR) is 116 cm³/mol. The summed E-state index contributed by atoms with van der Waals surface area (Å²) in [5, 5.41) is 7.21. The van der Waals surface area contributed by atoms with Crippen LogP contribution in [-0.4, -0.2) is 34.0 Å². The molecule has 6 nitrogen and oxygen atoms in total. The zero-order chi connectivity index (χ0) is 20.8. The molecule has 1 aliphatic rings. The quantitative estimate of drug-likeness (QED) is 0.432. The zero-order valence-corrected chi connectivity index (χ0v) is 18.3. The molecule has 4 atom stereocenters. The van der Waals surface area contributed by atoms with Crippen molar-refractivity contribution in [2.75, 3.05) is 16.6 Å². The van der Waals surface area contributed by atoms with E-state index >= 15 is 0 Å². The molecule has 3 rings (SSSR count). The number of nitrogens with zero attached hydrogens (tertiary/aromatic N) is 2. The number of anilines is 2. The molecular formula is C19H28F2N6S2. The maximum absolute atomic E-state index is 14.5. The monoisotopic (exact) mass is 442 g/mol. The average Bonchev–Trinajstić information content (AvgIpc) is 3.19. The Hall–Kier alpha value is -1.49. The van der Waals surface area contributed by atoms with Crippen molar-refractivity contribution in [3.63, 3.8) is 0 Å². The molecular weight excluding hydrogens is 414 g/mol. The minimum Gasteiger partial charge on any atom is -0.382 e.